The SMILES string of the molecule is CCCc1c(O)ccc2c1OC1(CC2(C)C)CC(C)(C)c2ccc(O)c(CCC)c2O1. The Morgan fingerprint density at radius 1 is 0.710 bits per heavy atom. The lowest BCUT2D eigenvalue weighted by Gasteiger charge is -2.52. The Morgan fingerprint density at radius 3 is 1.45 bits per heavy atom. The number of phenolic OH excluding ortho intramolecular Hbond substituents is 2. The maximum Gasteiger partial charge on any atom is 0.253 e. The first-order chi connectivity index (χ1) is 14.5. The minimum Gasteiger partial charge on any atom is -0.508 e. The molecule has 0 unspecified atom stereocenters. The maximum absolute atomic E-state index is 10.6. The van der Waals surface area contributed by atoms with Crippen molar-refractivity contribution in [1.29, 1.82) is 0 Å². The summed E-state index contributed by atoms with van der Waals surface area (Å²) >= 11 is 0. The highest BCUT2D eigenvalue weighted by molar-refractivity contribution is 5.56. The average Bonchev–Trinajstić information content (AvgIpc) is 2.65. The minimum absolute atomic E-state index is 0.181. The van der Waals surface area contributed by atoms with Crippen LogP contribution >= 0.6 is 0 Å². The van der Waals surface area contributed by atoms with E-state index in [0.29, 0.717) is 12.8 Å². The van der Waals surface area contributed by atoms with E-state index < -0.39 is 5.79 Å². The Bertz CT molecular complexity index is 921. The van der Waals surface area contributed by atoms with Gasteiger partial charge in [0.05, 0.1) is 0 Å². The Labute approximate surface area is 186 Å². The van der Waals surface area contributed by atoms with Gasteiger partial charge in [-0.1, -0.05) is 66.5 Å². The van der Waals surface area contributed by atoms with Crippen LogP contribution in [0.1, 0.15) is 89.5 Å². The van der Waals surface area contributed by atoms with Crippen LogP contribution in [0.5, 0.6) is 23.0 Å². The standard InChI is InChI=1S/C27H36O4/c1-7-9-17-21(28)13-11-19-23(17)30-27(15-25(19,3)4)16-26(5,6)20-12-14-22(29)18(10-8-2)24(20)31-27/h11-14,28-29H,7-10,15-16H2,1-6H3. The Morgan fingerprint density at radius 2 is 1.10 bits per heavy atom. The molecule has 4 heteroatoms. The molecule has 2 aromatic carbocycles. The van der Waals surface area contributed by atoms with Gasteiger partial charge in [-0.25, -0.2) is 0 Å². The summed E-state index contributed by atoms with van der Waals surface area (Å²) in [6.07, 6.45) is 4.75. The van der Waals surface area contributed by atoms with Crippen molar-refractivity contribution in [1.82, 2.24) is 0 Å². The number of benzene rings is 2. The summed E-state index contributed by atoms with van der Waals surface area (Å²) in [7, 11) is 0. The number of phenols is 2. The number of aromatic hydroxyl groups is 2. The molecule has 2 aliphatic heterocycles. The fourth-order valence-electron chi connectivity index (χ4n) is 5.65. The Hall–Kier alpha value is -2.36. The fraction of sp³-hybridized carbons (Fsp3) is 0.556. The molecule has 31 heavy (non-hydrogen) atoms. The Balaban J connectivity index is 1.89. The van der Waals surface area contributed by atoms with Gasteiger partial charge in [0.25, 0.3) is 5.79 Å². The summed E-state index contributed by atoms with van der Waals surface area (Å²) in [6, 6.07) is 7.58. The molecule has 0 fully saturated rings. The summed E-state index contributed by atoms with van der Waals surface area (Å²) in [5.41, 5.74) is 3.61. The number of ether oxygens (including phenoxy) is 2. The molecule has 0 aliphatic carbocycles. The van der Waals surface area contributed by atoms with E-state index in [2.05, 4.69) is 41.5 Å². The van der Waals surface area contributed by atoms with Crippen LogP contribution in [-0.2, 0) is 23.7 Å². The van der Waals surface area contributed by atoms with Crippen molar-refractivity contribution in [2.75, 3.05) is 0 Å². The van der Waals surface area contributed by atoms with Gasteiger partial charge in [0.2, 0.25) is 0 Å². The highest BCUT2D eigenvalue weighted by atomic mass is 16.7. The summed E-state index contributed by atoms with van der Waals surface area (Å²) in [5, 5.41) is 21.2. The van der Waals surface area contributed by atoms with Crippen LogP contribution in [0, 0.1) is 0 Å². The topological polar surface area (TPSA) is 58.9 Å². The average molecular weight is 425 g/mol. The maximum atomic E-state index is 10.6. The molecule has 0 saturated carbocycles. The second-order valence-corrected chi connectivity index (χ2v) is 10.6. The van der Waals surface area contributed by atoms with Gasteiger partial charge in [0, 0.05) is 45.9 Å². The van der Waals surface area contributed by atoms with Crippen LogP contribution in [0.25, 0.3) is 0 Å². The van der Waals surface area contributed by atoms with Gasteiger partial charge in [-0.2, -0.15) is 0 Å². The minimum atomic E-state index is -0.848. The normalized spacial score (nSPS) is 19.8. The predicted octanol–water partition coefficient (Wildman–Crippen LogP) is 6.52. The van der Waals surface area contributed by atoms with Crippen LogP contribution in [0.3, 0.4) is 0 Å². The fourth-order valence-corrected chi connectivity index (χ4v) is 5.65. The van der Waals surface area contributed by atoms with Crippen molar-refractivity contribution in [3.8, 4) is 23.0 Å². The van der Waals surface area contributed by atoms with Gasteiger partial charge in [0.1, 0.15) is 23.0 Å². The Kier molecular flexibility index (Phi) is 5.19. The van der Waals surface area contributed by atoms with E-state index in [1.165, 1.54) is 0 Å². The van der Waals surface area contributed by atoms with Crippen molar-refractivity contribution in [3.63, 3.8) is 0 Å². The third kappa shape index (κ3) is 3.54. The van der Waals surface area contributed by atoms with Gasteiger partial charge >= 0.3 is 0 Å². The van der Waals surface area contributed by atoms with Crippen LogP contribution in [0.15, 0.2) is 24.3 Å². The second kappa shape index (κ2) is 7.36. The highest BCUT2D eigenvalue weighted by Gasteiger charge is 2.54. The molecule has 2 heterocycles. The van der Waals surface area contributed by atoms with Crippen molar-refractivity contribution in [2.45, 2.75) is 96.7 Å². The summed E-state index contributed by atoms with van der Waals surface area (Å²) < 4.78 is 13.5. The van der Waals surface area contributed by atoms with Crippen LogP contribution < -0.4 is 9.47 Å². The van der Waals surface area contributed by atoms with Gasteiger partial charge < -0.3 is 19.7 Å². The lowest BCUT2D eigenvalue weighted by molar-refractivity contribution is -0.167. The molecule has 2 aromatic rings. The zero-order valence-electron chi connectivity index (χ0n) is 19.8. The van der Waals surface area contributed by atoms with Gasteiger partial charge in [-0.05, 0) is 25.0 Å². The van der Waals surface area contributed by atoms with E-state index in [9.17, 15) is 10.2 Å². The highest BCUT2D eigenvalue weighted by Crippen LogP contribution is 2.56. The van der Waals surface area contributed by atoms with Crippen LogP contribution in [0.4, 0.5) is 0 Å². The van der Waals surface area contributed by atoms with E-state index in [1.54, 1.807) is 12.1 Å². The second-order valence-electron chi connectivity index (χ2n) is 10.6. The molecule has 0 bridgehead atoms. The number of rotatable bonds is 4. The monoisotopic (exact) mass is 424 g/mol. The molecule has 2 N–H and O–H groups in total. The predicted molar refractivity (Wildman–Crippen MR) is 123 cm³/mol. The summed E-state index contributed by atoms with van der Waals surface area (Å²) in [6.45, 7) is 13.1. The van der Waals surface area contributed by atoms with E-state index >= 15 is 0 Å². The lowest BCUT2D eigenvalue weighted by atomic mass is 9.68. The smallest absolute Gasteiger partial charge is 0.253 e. The molecule has 0 aromatic heterocycles. The van der Waals surface area contributed by atoms with E-state index in [1.807, 2.05) is 12.1 Å². The quantitative estimate of drug-likeness (QED) is 0.587. The molecule has 0 atom stereocenters. The van der Waals surface area contributed by atoms with E-state index in [0.717, 1.165) is 59.4 Å². The molecule has 4 nitrogen and oxygen atoms in total. The molecular weight excluding hydrogens is 388 g/mol. The van der Waals surface area contributed by atoms with E-state index in [4.69, 9.17) is 9.47 Å². The number of hydrogen-bond donors (Lipinski definition) is 2. The van der Waals surface area contributed by atoms with E-state index in [-0.39, 0.29) is 22.3 Å². The zero-order valence-corrected chi connectivity index (χ0v) is 19.8. The summed E-state index contributed by atoms with van der Waals surface area (Å²) in [4.78, 5) is 0. The van der Waals surface area contributed by atoms with Crippen LogP contribution in [0.2, 0.25) is 0 Å². The van der Waals surface area contributed by atoms with Crippen molar-refractivity contribution in [2.24, 2.45) is 0 Å². The molecule has 2 aliphatic rings. The molecule has 0 saturated heterocycles. The first-order valence-corrected chi connectivity index (χ1v) is 11.6. The molecule has 1 spiro atoms. The van der Waals surface area contributed by atoms with Crippen molar-refractivity contribution >= 4 is 0 Å². The lowest BCUT2D eigenvalue weighted by Crippen LogP contribution is -2.56. The van der Waals surface area contributed by atoms with Gasteiger partial charge in [-0.15, -0.1) is 0 Å². The largest absolute Gasteiger partial charge is 0.508 e. The first kappa shape index (κ1) is 21.9. The number of hydrogen-bond acceptors (Lipinski definition) is 4. The summed E-state index contributed by atoms with van der Waals surface area (Å²) in [5.74, 6) is 1.27. The molecule has 0 amide bonds. The molecule has 0 radical (unpaired) electrons. The molecular formula is C27H36O4. The third-order valence-electron chi connectivity index (χ3n) is 6.93. The van der Waals surface area contributed by atoms with Crippen molar-refractivity contribution < 1.29 is 19.7 Å². The van der Waals surface area contributed by atoms with Gasteiger partial charge in [-0.3, -0.25) is 0 Å². The third-order valence-corrected chi connectivity index (χ3v) is 6.93. The van der Waals surface area contributed by atoms with Crippen LogP contribution in [-0.4, -0.2) is 16.0 Å². The molecule has 168 valence electrons. The van der Waals surface area contributed by atoms with Gasteiger partial charge in [0.15, 0.2) is 0 Å². The van der Waals surface area contributed by atoms with Crippen molar-refractivity contribution in [3.05, 3.63) is 46.5 Å². The number of fused-ring (bicyclic) bond motifs is 2. The molecule has 4 rings (SSSR count). The first-order valence-electron chi connectivity index (χ1n) is 11.6. The zero-order chi connectivity index (χ0) is 22.6.